The molecule has 0 bridgehead atoms. The lowest BCUT2D eigenvalue weighted by atomic mass is 10.1. The molecular formula is C12H11BrN2O. The van der Waals surface area contributed by atoms with Gasteiger partial charge in [0.05, 0.1) is 0 Å². The van der Waals surface area contributed by atoms with Crippen molar-refractivity contribution in [3.63, 3.8) is 0 Å². The standard InChI is InChI=1S/C12H11BrN2O/c1-7-3-4-9(5-8(7)2)11-12(13)15-10(6-16)14-11/h3-6H,1-2H3,(H,14,15). The number of H-pyrrole nitrogens is 1. The van der Waals surface area contributed by atoms with Crippen LogP contribution in [0.4, 0.5) is 0 Å². The number of nitrogens with one attached hydrogen (secondary N) is 1. The summed E-state index contributed by atoms with van der Waals surface area (Å²) in [5.74, 6) is 0.333. The first kappa shape index (κ1) is 11.1. The highest BCUT2D eigenvalue weighted by Crippen LogP contribution is 2.27. The van der Waals surface area contributed by atoms with Gasteiger partial charge in [-0.1, -0.05) is 12.1 Å². The molecular weight excluding hydrogens is 268 g/mol. The van der Waals surface area contributed by atoms with E-state index in [9.17, 15) is 4.79 Å². The summed E-state index contributed by atoms with van der Waals surface area (Å²) in [5.41, 5.74) is 4.22. The van der Waals surface area contributed by atoms with Gasteiger partial charge in [0.15, 0.2) is 12.1 Å². The zero-order chi connectivity index (χ0) is 11.7. The smallest absolute Gasteiger partial charge is 0.185 e. The molecule has 0 fully saturated rings. The number of hydrogen-bond donors (Lipinski definition) is 1. The highest BCUT2D eigenvalue weighted by molar-refractivity contribution is 9.10. The van der Waals surface area contributed by atoms with E-state index in [1.54, 1.807) is 0 Å². The van der Waals surface area contributed by atoms with Crippen LogP contribution in [0.2, 0.25) is 0 Å². The minimum absolute atomic E-state index is 0.333. The van der Waals surface area contributed by atoms with E-state index in [-0.39, 0.29) is 0 Å². The van der Waals surface area contributed by atoms with Gasteiger partial charge >= 0.3 is 0 Å². The number of aromatic nitrogens is 2. The lowest BCUT2D eigenvalue weighted by Crippen LogP contribution is -1.85. The number of carbonyl (C=O) groups is 1. The molecule has 0 amide bonds. The molecule has 1 heterocycles. The minimum Gasteiger partial charge on any atom is -0.330 e. The van der Waals surface area contributed by atoms with E-state index in [1.807, 2.05) is 12.1 Å². The van der Waals surface area contributed by atoms with Crippen molar-refractivity contribution < 1.29 is 4.79 Å². The van der Waals surface area contributed by atoms with Gasteiger partial charge < -0.3 is 4.98 Å². The Morgan fingerprint density at radius 2 is 2.06 bits per heavy atom. The minimum atomic E-state index is 0.333. The number of carbonyl (C=O) groups excluding carboxylic acids is 1. The molecule has 1 N–H and O–H groups in total. The summed E-state index contributed by atoms with van der Waals surface area (Å²) in [6, 6.07) is 6.11. The van der Waals surface area contributed by atoms with Gasteiger partial charge in [-0.05, 0) is 47.0 Å². The number of aldehydes is 1. The maximum absolute atomic E-state index is 10.6. The van der Waals surface area contributed by atoms with Crippen LogP contribution >= 0.6 is 15.9 Å². The van der Waals surface area contributed by atoms with Crippen LogP contribution in [0.1, 0.15) is 21.7 Å². The second kappa shape index (κ2) is 4.22. The largest absolute Gasteiger partial charge is 0.330 e. The fraction of sp³-hybridized carbons (Fsp3) is 0.167. The summed E-state index contributed by atoms with van der Waals surface area (Å²) in [5, 5.41) is 0. The van der Waals surface area contributed by atoms with E-state index in [0.29, 0.717) is 12.1 Å². The molecule has 1 aromatic heterocycles. The zero-order valence-electron chi connectivity index (χ0n) is 9.04. The number of rotatable bonds is 2. The Bertz CT molecular complexity index is 546. The fourth-order valence-electron chi connectivity index (χ4n) is 1.50. The number of imidazole rings is 1. The molecule has 0 saturated carbocycles. The number of aryl methyl sites for hydroxylation is 2. The van der Waals surface area contributed by atoms with Gasteiger partial charge in [-0.15, -0.1) is 0 Å². The molecule has 3 nitrogen and oxygen atoms in total. The van der Waals surface area contributed by atoms with Crippen LogP contribution in [-0.2, 0) is 0 Å². The second-order valence-electron chi connectivity index (χ2n) is 3.70. The van der Waals surface area contributed by atoms with Crippen molar-refractivity contribution >= 4 is 22.2 Å². The molecule has 0 spiro atoms. The van der Waals surface area contributed by atoms with Crippen molar-refractivity contribution in [2.45, 2.75) is 13.8 Å². The van der Waals surface area contributed by atoms with Crippen molar-refractivity contribution in [1.29, 1.82) is 0 Å². The molecule has 0 radical (unpaired) electrons. The predicted molar refractivity (Wildman–Crippen MR) is 66.6 cm³/mol. The summed E-state index contributed by atoms with van der Waals surface area (Å²) in [7, 11) is 0. The maximum Gasteiger partial charge on any atom is 0.185 e. The van der Waals surface area contributed by atoms with E-state index in [4.69, 9.17) is 0 Å². The van der Waals surface area contributed by atoms with Crippen LogP contribution in [0.5, 0.6) is 0 Å². The van der Waals surface area contributed by atoms with Gasteiger partial charge in [0.2, 0.25) is 0 Å². The lowest BCUT2D eigenvalue weighted by molar-refractivity contribution is 0.111. The number of aromatic amines is 1. The molecule has 82 valence electrons. The van der Waals surface area contributed by atoms with Crippen LogP contribution in [0.15, 0.2) is 22.8 Å². The topological polar surface area (TPSA) is 45.8 Å². The third-order valence-electron chi connectivity index (χ3n) is 2.57. The molecule has 0 saturated heterocycles. The first-order valence-corrected chi connectivity index (χ1v) is 5.69. The van der Waals surface area contributed by atoms with Crippen LogP contribution < -0.4 is 0 Å². The van der Waals surface area contributed by atoms with Gasteiger partial charge in [-0.2, -0.15) is 0 Å². The molecule has 16 heavy (non-hydrogen) atoms. The first-order chi connectivity index (χ1) is 7.61. The molecule has 0 unspecified atom stereocenters. The third kappa shape index (κ3) is 1.93. The summed E-state index contributed by atoms with van der Waals surface area (Å²) >= 11 is 3.36. The summed E-state index contributed by atoms with van der Waals surface area (Å²) < 4.78 is 0.734. The van der Waals surface area contributed by atoms with Crippen LogP contribution in [0, 0.1) is 13.8 Å². The van der Waals surface area contributed by atoms with Crippen molar-refractivity contribution in [2.24, 2.45) is 0 Å². The Kier molecular flexibility index (Phi) is 2.92. The van der Waals surface area contributed by atoms with Gasteiger partial charge in [-0.3, -0.25) is 4.79 Å². The van der Waals surface area contributed by atoms with Gasteiger partial charge in [-0.25, -0.2) is 4.98 Å². The Labute approximate surface area is 102 Å². The quantitative estimate of drug-likeness (QED) is 0.857. The van der Waals surface area contributed by atoms with Crippen molar-refractivity contribution in [3.05, 3.63) is 39.8 Å². The summed E-state index contributed by atoms with van der Waals surface area (Å²) in [6.07, 6.45) is 0.704. The Morgan fingerprint density at radius 3 is 2.62 bits per heavy atom. The molecule has 0 aliphatic heterocycles. The molecule has 2 rings (SSSR count). The molecule has 2 aromatic rings. The molecule has 0 aliphatic carbocycles. The Balaban J connectivity index is 2.53. The lowest BCUT2D eigenvalue weighted by Gasteiger charge is -2.02. The highest BCUT2D eigenvalue weighted by Gasteiger charge is 2.10. The summed E-state index contributed by atoms with van der Waals surface area (Å²) in [4.78, 5) is 17.7. The average Bonchev–Trinajstić information content (AvgIpc) is 2.64. The summed E-state index contributed by atoms with van der Waals surface area (Å²) in [6.45, 7) is 4.12. The average molecular weight is 279 g/mol. The van der Waals surface area contributed by atoms with E-state index in [1.165, 1.54) is 11.1 Å². The number of nitrogens with zero attached hydrogens (tertiary/aromatic N) is 1. The van der Waals surface area contributed by atoms with Crippen molar-refractivity contribution in [1.82, 2.24) is 9.97 Å². The molecule has 0 aliphatic rings. The van der Waals surface area contributed by atoms with Gasteiger partial charge in [0.25, 0.3) is 0 Å². The van der Waals surface area contributed by atoms with E-state index in [0.717, 1.165) is 15.9 Å². The van der Waals surface area contributed by atoms with Gasteiger partial charge in [0, 0.05) is 5.56 Å². The molecule has 1 aromatic carbocycles. The maximum atomic E-state index is 10.6. The first-order valence-electron chi connectivity index (χ1n) is 4.90. The van der Waals surface area contributed by atoms with Crippen LogP contribution in [0.25, 0.3) is 11.3 Å². The Morgan fingerprint density at radius 1 is 1.31 bits per heavy atom. The van der Waals surface area contributed by atoms with Crippen LogP contribution in [0.3, 0.4) is 0 Å². The molecule has 0 atom stereocenters. The SMILES string of the molecule is Cc1ccc(-c2nc(C=O)[nH]c2Br)cc1C. The number of benzene rings is 1. The number of halogens is 1. The van der Waals surface area contributed by atoms with E-state index in [2.05, 4.69) is 45.8 Å². The van der Waals surface area contributed by atoms with Crippen molar-refractivity contribution in [2.75, 3.05) is 0 Å². The van der Waals surface area contributed by atoms with Crippen LogP contribution in [-0.4, -0.2) is 16.3 Å². The Hall–Kier alpha value is -1.42. The predicted octanol–water partition coefficient (Wildman–Crippen LogP) is 3.27. The fourth-order valence-corrected chi connectivity index (χ4v) is 2.03. The second-order valence-corrected chi connectivity index (χ2v) is 4.49. The van der Waals surface area contributed by atoms with Gasteiger partial charge in [0.1, 0.15) is 10.3 Å². The number of hydrogen-bond acceptors (Lipinski definition) is 2. The monoisotopic (exact) mass is 278 g/mol. The normalized spacial score (nSPS) is 10.4. The van der Waals surface area contributed by atoms with E-state index < -0.39 is 0 Å². The molecule has 4 heteroatoms. The third-order valence-corrected chi connectivity index (χ3v) is 3.14. The van der Waals surface area contributed by atoms with E-state index >= 15 is 0 Å². The zero-order valence-corrected chi connectivity index (χ0v) is 10.6. The highest BCUT2D eigenvalue weighted by atomic mass is 79.9. The van der Waals surface area contributed by atoms with Crippen molar-refractivity contribution in [3.8, 4) is 11.3 Å².